The molecule has 1 aromatic carbocycles. The summed E-state index contributed by atoms with van der Waals surface area (Å²) in [5.74, 6) is -0.913. The van der Waals surface area contributed by atoms with Crippen molar-refractivity contribution in [2.75, 3.05) is 6.61 Å². The Labute approximate surface area is 139 Å². The van der Waals surface area contributed by atoms with Gasteiger partial charge in [-0.25, -0.2) is 4.79 Å². The zero-order valence-electron chi connectivity index (χ0n) is 13.4. The van der Waals surface area contributed by atoms with Crippen LogP contribution < -0.4 is 10.1 Å². The van der Waals surface area contributed by atoms with E-state index in [0.29, 0.717) is 11.3 Å². The Hall–Kier alpha value is -2.83. The lowest BCUT2D eigenvalue weighted by Crippen LogP contribution is -2.31. The smallest absolute Gasteiger partial charge is 0.341 e. The minimum absolute atomic E-state index is 0.0569. The molecule has 3 rings (SSSR count). The zero-order valence-corrected chi connectivity index (χ0v) is 13.4. The van der Waals surface area contributed by atoms with Crippen LogP contribution in [-0.2, 0) is 18.3 Å². The molecule has 0 aliphatic heterocycles. The molecule has 7 heteroatoms. The number of benzene rings is 1. The van der Waals surface area contributed by atoms with Crippen LogP contribution in [0.15, 0.2) is 30.5 Å². The molecule has 1 aliphatic rings. The van der Waals surface area contributed by atoms with Crippen molar-refractivity contribution in [3.8, 4) is 5.75 Å². The van der Waals surface area contributed by atoms with Crippen LogP contribution in [0.1, 0.15) is 40.5 Å². The number of hydrogen-bond donors (Lipinski definition) is 2. The monoisotopic (exact) mass is 329 g/mol. The Morgan fingerprint density at radius 3 is 3.08 bits per heavy atom. The zero-order chi connectivity index (χ0) is 17.1. The first-order valence-electron chi connectivity index (χ1n) is 7.81. The molecule has 1 atom stereocenters. The SMILES string of the molecule is Cn1ncc2c1CCCC2NC(=O)c1cccc(OCC(=O)O)c1. The van der Waals surface area contributed by atoms with Crippen molar-refractivity contribution < 1.29 is 19.4 Å². The van der Waals surface area contributed by atoms with Crippen molar-refractivity contribution in [3.05, 3.63) is 47.3 Å². The highest BCUT2D eigenvalue weighted by molar-refractivity contribution is 5.94. The number of carboxylic acid groups (broad SMARTS) is 1. The first kappa shape index (κ1) is 16.0. The summed E-state index contributed by atoms with van der Waals surface area (Å²) in [6.07, 6.45) is 4.65. The Morgan fingerprint density at radius 2 is 2.29 bits per heavy atom. The molecule has 0 radical (unpaired) electrons. The molecule has 1 amide bonds. The summed E-state index contributed by atoms with van der Waals surface area (Å²) in [4.78, 5) is 23.1. The predicted molar refractivity (Wildman–Crippen MR) is 85.9 cm³/mol. The van der Waals surface area contributed by atoms with Gasteiger partial charge in [-0.05, 0) is 37.5 Å². The predicted octanol–water partition coefficient (Wildman–Crippen LogP) is 1.69. The van der Waals surface area contributed by atoms with E-state index in [1.807, 2.05) is 17.9 Å². The third kappa shape index (κ3) is 3.40. The number of aliphatic carboxylic acids is 1. The molecule has 24 heavy (non-hydrogen) atoms. The van der Waals surface area contributed by atoms with Crippen LogP contribution in [0.3, 0.4) is 0 Å². The molecule has 126 valence electrons. The van der Waals surface area contributed by atoms with Crippen molar-refractivity contribution in [3.63, 3.8) is 0 Å². The van der Waals surface area contributed by atoms with Crippen molar-refractivity contribution in [2.45, 2.75) is 25.3 Å². The van der Waals surface area contributed by atoms with Crippen LogP contribution in [0.2, 0.25) is 0 Å². The molecule has 2 aromatic rings. The lowest BCUT2D eigenvalue weighted by Gasteiger charge is -2.23. The van der Waals surface area contributed by atoms with Crippen LogP contribution in [0.25, 0.3) is 0 Å². The fraction of sp³-hybridized carbons (Fsp3) is 0.353. The number of nitrogens with zero attached hydrogens (tertiary/aromatic N) is 2. The number of nitrogens with one attached hydrogen (secondary N) is 1. The summed E-state index contributed by atoms with van der Waals surface area (Å²) < 4.78 is 6.97. The fourth-order valence-electron chi connectivity index (χ4n) is 2.97. The van der Waals surface area contributed by atoms with Gasteiger partial charge in [0.2, 0.25) is 0 Å². The van der Waals surface area contributed by atoms with Gasteiger partial charge >= 0.3 is 5.97 Å². The first-order valence-corrected chi connectivity index (χ1v) is 7.81. The van der Waals surface area contributed by atoms with Crippen molar-refractivity contribution in [2.24, 2.45) is 7.05 Å². The molecule has 0 fully saturated rings. The Balaban J connectivity index is 1.71. The maximum absolute atomic E-state index is 12.5. The number of ether oxygens (including phenoxy) is 1. The topological polar surface area (TPSA) is 93.5 Å². The maximum Gasteiger partial charge on any atom is 0.341 e. The summed E-state index contributed by atoms with van der Waals surface area (Å²) in [5, 5.41) is 16.0. The van der Waals surface area contributed by atoms with Gasteiger partial charge < -0.3 is 15.2 Å². The number of rotatable bonds is 5. The van der Waals surface area contributed by atoms with E-state index in [2.05, 4.69) is 10.4 Å². The van der Waals surface area contributed by atoms with E-state index < -0.39 is 12.6 Å². The van der Waals surface area contributed by atoms with Crippen molar-refractivity contribution in [1.29, 1.82) is 0 Å². The minimum atomic E-state index is -1.06. The third-order valence-corrected chi connectivity index (χ3v) is 4.14. The lowest BCUT2D eigenvalue weighted by molar-refractivity contribution is -0.139. The summed E-state index contributed by atoms with van der Waals surface area (Å²) in [6, 6.07) is 6.46. The first-order chi connectivity index (χ1) is 11.5. The van der Waals surface area contributed by atoms with E-state index in [4.69, 9.17) is 9.84 Å². The molecule has 0 spiro atoms. The van der Waals surface area contributed by atoms with Crippen molar-refractivity contribution >= 4 is 11.9 Å². The van der Waals surface area contributed by atoms with Gasteiger partial charge in [0.1, 0.15) is 5.75 Å². The molecule has 1 aliphatic carbocycles. The molecule has 0 bridgehead atoms. The number of carbonyl (C=O) groups excluding carboxylic acids is 1. The largest absolute Gasteiger partial charge is 0.482 e. The maximum atomic E-state index is 12.5. The van der Waals surface area contributed by atoms with E-state index in [9.17, 15) is 9.59 Å². The second-order valence-corrected chi connectivity index (χ2v) is 5.80. The fourth-order valence-corrected chi connectivity index (χ4v) is 2.97. The number of carbonyl (C=O) groups is 2. The van der Waals surface area contributed by atoms with Crippen LogP contribution in [0.4, 0.5) is 0 Å². The Kier molecular flexibility index (Phi) is 4.50. The molecule has 2 N–H and O–H groups in total. The van der Waals surface area contributed by atoms with Gasteiger partial charge in [-0.1, -0.05) is 6.07 Å². The molecule has 0 saturated carbocycles. The third-order valence-electron chi connectivity index (χ3n) is 4.14. The van der Waals surface area contributed by atoms with Gasteiger partial charge in [-0.3, -0.25) is 9.48 Å². The molecule has 1 heterocycles. The second-order valence-electron chi connectivity index (χ2n) is 5.80. The number of amides is 1. The van der Waals surface area contributed by atoms with Gasteiger partial charge in [0.15, 0.2) is 6.61 Å². The molecule has 0 saturated heterocycles. The average molecular weight is 329 g/mol. The molecule has 1 unspecified atom stereocenters. The quantitative estimate of drug-likeness (QED) is 0.871. The molecular formula is C17H19N3O4. The molecule has 1 aromatic heterocycles. The Morgan fingerprint density at radius 1 is 1.46 bits per heavy atom. The Bertz CT molecular complexity index is 769. The highest BCUT2D eigenvalue weighted by Crippen LogP contribution is 2.29. The summed E-state index contributed by atoms with van der Waals surface area (Å²) in [5.41, 5.74) is 2.66. The van der Waals surface area contributed by atoms with E-state index >= 15 is 0 Å². The van der Waals surface area contributed by atoms with Crippen molar-refractivity contribution in [1.82, 2.24) is 15.1 Å². The molecular weight excluding hydrogens is 310 g/mol. The number of carboxylic acids is 1. The van der Waals surface area contributed by atoms with Gasteiger partial charge in [-0.15, -0.1) is 0 Å². The van der Waals surface area contributed by atoms with Gasteiger partial charge in [0.05, 0.1) is 12.2 Å². The van der Waals surface area contributed by atoms with Crippen LogP contribution >= 0.6 is 0 Å². The number of aromatic nitrogens is 2. The number of hydrogen-bond acceptors (Lipinski definition) is 4. The minimum Gasteiger partial charge on any atom is -0.482 e. The van der Waals surface area contributed by atoms with Crippen LogP contribution in [0.5, 0.6) is 5.75 Å². The van der Waals surface area contributed by atoms with Crippen LogP contribution in [-0.4, -0.2) is 33.4 Å². The van der Waals surface area contributed by atoms with E-state index in [1.54, 1.807) is 24.3 Å². The number of aryl methyl sites for hydroxylation is 1. The molecule has 7 nitrogen and oxygen atoms in total. The highest BCUT2D eigenvalue weighted by atomic mass is 16.5. The van der Waals surface area contributed by atoms with Gasteiger partial charge in [0, 0.05) is 23.9 Å². The van der Waals surface area contributed by atoms with E-state index in [1.165, 1.54) is 0 Å². The summed E-state index contributed by atoms with van der Waals surface area (Å²) in [7, 11) is 1.91. The summed E-state index contributed by atoms with van der Waals surface area (Å²) >= 11 is 0. The number of fused-ring (bicyclic) bond motifs is 1. The average Bonchev–Trinajstić information content (AvgIpc) is 2.96. The van der Waals surface area contributed by atoms with Gasteiger partial charge in [-0.2, -0.15) is 5.10 Å². The lowest BCUT2D eigenvalue weighted by atomic mass is 9.93. The highest BCUT2D eigenvalue weighted by Gasteiger charge is 2.25. The second kappa shape index (κ2) is 6.74. The standard InChI is InChI=1S/C17H19N3O4/c1-20-15-7-3-6-14(13(15)9-18-20)19-17(23)11-4-2-5-12(8-11)24-10-16(21)22/h2,4-5,8-9,14H,3,6-7,10H2,1H3,(H,19,23)(H,21,22). The van der Waals surface area contributed by atoms with E-state index in [-0.39, 0.29) is 11.9 Å². The van der Waals surface area contributed by atoms with Crippen LogP contribution in [0, 0.1) is 0 Å². The van der Waals surface area contributed by atoms with E-state index in [0.717, 1.165) is 30.5 Å². The van der Waals surface area contributed by atoms with Gasteiger partial charge in [0.25, 0.3) is 5.91 Å². The summed E-state index contributed by atoms with van der Waals surface area (Å²) in [6.45, 7) is -0.438. The normalized spacial score (nSPS) is 16.3.